The van der Waals surface area contributed by atoms with Gasteiger partial charge in [0.2, 0.25) is 5.91 Å². The molecular weight excluding hydrogens is 116 g/mol. The summed E-state index contributed by atoms with van der Waals surface area (Å²) < 4.78 is 0. The van der Waals surface area contributed by atoms with Crippen LogP contribution in [-0.2, 0) is 4.79 Å². The lowest BCUT2D eigenvalue weighted by Crippen LogP contribution is -2.41. The van der Waals surface area contributed by atoms with Crippen molar-refractivity contribution in [2.45, 2.75) is 18.9 Å². The Labute approximate surface area is 54.8 Å². The zero-order valence-corrected chi connectivity index (χ0v) is 5.61. The second-order valence-electron chi connectivity index (χ2n) is 2.33. The molecule has 0 unspecified atom stereocenters. The van der Waals surface area contributed by atoms with Gasteiger partial charge in [0.05, 0.1) is 0 Å². The lowest BCUT2D eigenvalue weighted by molar-refractivity contribution is -0.122. The summed E-state index contributed by atoms with van der Waals surface area (Å²) in [6.07, 6.45) is 1.69. The Morgan fingerprint density at radius 3 is 3.00 bits per heavy atom. The molecule has 0 radical (unpaired) electrons. The average Bonchev–Trinajstić information content (AvgIpc) is 1.88. The van der Waals surface area contributed by atoms with Gasteiger partial charge in [-0.25, -0.2) is 0 Å². The SMILES string of the molecule is CN[C@H]1CCNC(=O)C1. The molecule has 1 aliphatic rings. The van der Waals surface area contributed by atoms with E-state index in [0.717, 1.165) is 13.0 Å². The number of carbonyl (C=O) groups is 1. The van der Waals surface area contributed by atoms with Crippen LogP contribution in [0.15, 0.2) is 0 Å². The zero-order valence-electron chi connectivity index (χ0n) is 5.61. The van der Waals surface area contributed by atoms with Gasteiger partial charge in [-0.15, -0.1) is 0 Å². The third-order valence-electron chi connectivity index (χ3n) is 1.66. The van der Waals surface area contributed by atoms with Crippen LogP contribution >= 0.6 is 0 Å². The van der Waals surface area contributed by atoms with Gasteiger partial charge in [0.1, 0.15) is 0 Å². The third kappa shape index (κ3) is 1.68. The first-order valence-electron chi connectivity index (χ1n) is 3.27. The van der Waals surface area contributed by atoms with Gasteiger partial charge in [0, 0.05) is 19.0 Å². The van der Waals surface area contributed by atoms with Gasteiger partial charge < -0.3 is 10.6 Å². The van der Waals surface area contributed by atoms with Crippen LogP contribution in [0.4, 0.5) is 0 Å². The molecule has 52 valence electrons. The molecule has 0 saturated carbocycles. The zero-order chi connectivity index (χ0) is 6.69. The van der Waals surface area contributed by atoms with E-state index in [1.54, 1.807) is 0 Å². The van der Waals surface area contributed by atoms with Crippen LogP contribution < -0.4 is 10.6 Å². The largest absolute Gasteiger partial charge is 0.356 e. The van der Waals surface area contributed by atoms with Gasteiger partial charge >= 0.3 is 0 Å². The molecule has 3 heteroatoms. The Bertz CT molecular complexity index is 114. The lowest BCUT2D eigenvalue weighted by Gasteiger charge is -2.20. The van der Waals surface area contributed by atoms with Gasteiger partial charge in [-0.05, 0) is 13.5 Å². The van der Waals surface area contributed by atoms with E-state index >= 15 is 0 Å². The van der Waals surface area contributed by atoms with Gasteiger partial charge in [-0.2, -0.15) is 0 Å². The number of carbonyl (C=O) groups excluding carboxylic acids is 1. The topological polar surface area (TPSA) is 41.1 Å². The Morgan fingerprint density at radius 1 is 1.78 bits per heavy atom. The minimum atomic E-state index is 0.167. The van der Waals surface area contributed by atoms with E-state index in [9.17, 15) is 4.79 Å². The van der Waals surface area contributed by atoms with Crippen LogP contribution in [0.5, 0.6) is 0 Å². The van der Waals surface area contributed by atoms with Crippen molar-refractivity contribution in [1.29, 1.82) is 0 Å². The Morgan fingerprint density at radius 2 is 2.56 bits per heavy atom. The fourth-order valence-corrected chi connectivity index (χ4v) is 1.03. The molecule has 1 fully saturated rings. The first-order valence-corrected chi connectivity index (χ1v) is 3.27. The molecule has 1 atom stereocenters. The van der Waals surface area contributed by atoms with E-state index in [-0.39, 0.29) is 5.91 Å². The molecular formula is C6H12N2O. The highest BCUT2D eigenvalue weighted by molar-refractivity contribution is 5.77. The van der Waals surface area contributed by atoms with Crippen LogP contribution in [0.3, 0.4) is 0 Å². The summed E-state index contributed by atoms with van der Waals surface area (Å²) in [7, 11) is 1.89. The molecule has 0 aromatic heterocycles. The van der Waals surface area contributed by atoms with E-state index in [2.05, 4.69) is 10.6 Å². The molecule has 1 rings (SSSR count). The molecule has 0 aromatic rings. The van der Waals surface area contributed by atoms with Crippen LogP contribution in [0.25, 0.3) is 0 Å². The van der Waals surface area contributed by atoms with Crippen molar-refractivity contribution in [3.63, 3.8) is 0 Å². The third-order valence-corrected chi connectivity index (χ3v) is 1.66. The summed E-state index contributed by atoms with van der Waals surface area (Å²) in [5, 5.41) is 5.84. The number of piperidine rings is 1. The van der Waals surface area contributed by atoms with Crippen molar-refractivity contribution >= 4 is 5.91 Å². The van der Waals surface area contributed by atoms with E-state index in [4.69, 9.17) is 0 Å². The molecule has 9 heavy (non-hydrogen) atoms. The number of amides is 1. The lowest BCUT2D eigenvalue weighted by atomic mass is 10.1. The fourth-order valence-electron chi connectivity index (χ4n) is 1.03. The molecule has 0 aromatic carbocycles. The monoisotopic (exact) mass is 128 g/mol. The Kier molecular flexibility index (Phi) is 2.05. The number of hydrogen-bond donors (Lipinski definition) is 2. The fraction of sp³-hybridized carbons (Fsp3) is 0.833. The van der Waals surface area contributed by atoms with Crippen LogP contribution in [0.1, 0.15) is 12.8 Å². The molecule has 0 bridgehead atoms. The van der Waals surface area contributed by atoms with E-state index in [1.165, 1.54) is 0 Å². The summed E-state index contributed by atoms with van der Waals surface area (Å²) in [5.41, 5.74) is 0. The highest BCUT2D eigenvalue weighted by Crippen LogP contribution is 2.01. The quantitative estimate of drug-likeness (QED) is 0.499. The van der Waals surface area contributed by atoms with Gasteiger partial charge in [-0.3, -0.25) is 4.79 Å². The first-order chi connectivity index (χ1) is 4.33. The number of nitrogens with one attached hydrogen (secondary N) is 2. The van der Waals surface area contributed by atoms with E-state index in [1.807, 2.05) is 7.05 Å². The van der Waals surface area contributed by atoms with Gasteiger partial charge in [0.25, 0.3) is 0 Å². The molecule has 1 amide bonds. The number of rotatable bonds is 1. The summed E-state index contributed by atoms with van der Waals surface area (Å²) in [5.74, 6) is 0.167. The molecule has 1 aliphatic heterocycles. The molecule has 3 nitrogen and oxygen atoms in total. The average molecular weight is 128 g/mol. The minimum absolute atomic E-state index is 0.167. The summed E-state index contributed by atoms with van der Waals surface area (Å²) in [4.78, 5) is 10.7. The summed E-state index contributed by atoms with van der Waals surface area (Å²) in [6.45, 7) is 0.824. The van der Waals surface area contributed by atoms with Crippen LogP contribution in [-0.4, -0.2) is 25.5 Å². The van der Waals surface area contributed by atoms with Crippen molar-refractivity contribution in [2.24, 2.45) is 0 Å². The summed E-state index contributed by atoms with van der Waals surface area (Å²) in [6, 6.07) is 0.402. The predicted molar refractivity (Wildman–Crippen MR) is 35.1 cm³/mol. The highest BCUT2D eigenvalue weighted by atomic mass is 16.1. The first kappa shape index (κ1) is 6.55. The van der Waals surface area contributed by atoms with Crippen molar-refractivity contribution in [3.05, 3.63) is 0 Å². The molecule has 0 aliphatic carbocycles. The maximum absolute atomic E-state index is 10.7. The van der Waals surface area contributed by atoms with E-state index < -0.39 is 0 Å². The second kappa shape index (κ2) is 2.82. The molecule has 1 saturated heterocycles. The van der Waals surface area contributed by atoms with Crippen molar-refractivity contribution in [1.82, 2.24) is 10.6 Å². The minimum Gasteiger partial charge on any atom is -0.356 e. The smallest absolute Gasteiger partial charge is 0.221 e. The van der Waals surface area contributed by atoms with Crippen molar-refractivity contribution in [2.75, 3.05) is 13.6 Å². The predicted octanol–water partition coefficient (Wildman–Crippen LogP) is -0.516. The Hall–Kier alpha value is -0.570. The highest BCUT2D eigenvalue weighted by Gasteiger charge is 2.15. The Balaban J connectivity index is 2.32. The maximum Gasteiger partial charge on any atom is 0.221 e. The van der Waals surface area contributed by atoms with Crippen molar-refractivity contribution < 1.29 is 4.79 Å². The van der Waals surface area contributed by atoms with Gasteiger partial charge in [-0.1, -0.05) is 0 Å². The van der Waals surface area contributed by atoms with Crippen LogP contribution in [0.2, 0.25) is 0 Å². The standard InChI is InChI=1S/C6H12N2O/c1-7-5-2-3-8-6(9)4-5/h5,7H,2-4H2,1H3,(H,8,9)/t5-/m0/s1. The molecule has 2 N–H and O–H groups in total. The summed E-state index contributed by atoms with van der Waals surface area (Å²) >= 11 is 0. The normalized spacial score (nSPS) is 27.7. The maximum atomic E-state index is 10.7. The second-order valence-corrected chi connectivity index (χ2v) is 2.33. The molecule has 1 heterocycles. The molecule has 0 spiro atoms. The van der Waals surface area contributed by atoms with Crippen molar-refractivity contribution in [3.8, 4) is 0 Å². The number of hydrogen-bond acceptors (Lipinski definition) is 2. The van der Waals surface area contributed by atoms with E-state index in [0.29, 0.717) is 12.5 Å². The van der Waals surface area contributed by atoms with Crippen LogP contribution in [0, 0.1) is 0 Å². The van der Waals surface area contributed by atoms with Gasteiger partial charge in [0.15, 0.2) is 0 Å².